The molecule has 11 heteroatoms. The standard InChI is InChI=1S/C26H36N6O3S2/c1-13-18(23-31-19-14(2)27-9-6-17(19)37-23)22(32-24(29-13)28-10-11-36-25(3,4)5)30-16-12-15(20(33)21(16)34)26(35)7-8-26/h6,9,15-16,20-21,33-35H,7-8,10-12H2,1-5H3,(H2,28,29,30,32)/t15-,16+,20+,21-/m0/s1. The molecule has 5 rings (SSSR count). The molecule has 0 saturated heterocycles. The summed E-state index contributed by atoms with van der Waals surface area (Å²) in [6, 6.07) is 1.49. The summed E-state index contributed by atoms with van der Waals surface area (Å²) < 4.78 is 1.21. The molecule has 200 valence electrons. The van der Waals surface area contributed by atoms with Crippen LogP contribution in [0.1, 0.15) is 51.4 Å². The molecule has 2 aliphatic rings. The molecule has 0 aromatic carbocycles. The Morgan fingerprint density at radius 2 is 1.86 bits per heavy atom. The van der Waals surface area contributed by atoms with Crippen LogP contribution in [0, 0.1) is 19.8 Å². The van der Waals surface area contributed by atoms with Crippen molar-refractivity contribution in [2.45, 2.75) is 82.5 Å². The number of hydrogen-bond donors (Lipinski definition) is 5. The molecule has 0 radical (unpaired) electrons. The van der Waals surface area contributed by atoms with Crippen LogP contribution < -0.4 is 10.6 Å². The maximum Gasteiger partial charge on any atom is 0.224 e. The highest BCUT2D eigenvalue weighted by atomic mass is 32.2. The van der Waals surface area contributed by atoms with E-state index in [0.717, 1.165) is 37.9 Å². The molecule has 3 aromatic heterocycles. The summed E-state index contributed by atoms with van der Waals surface area (Å²) in [6.45, 7) is 11.2. The molecule has 2 aliphatic carbocycles. The third kappa shape index (κ3) is 5.56. The van der Waals surface area contributed by atoms with Crippen molar-refractivity contribution >= 4 is 45.1 Å². The predicted octanol–water partition coefficient (Wildman–Crippen LogP) is 3.76. The average molecular weight is 545 g/mol. The second kappa shape index (κ2) is 9.92. The first kappa shape index (κ1) is 26.6. The molecule has 3 aromatic rings. The Morgan fingerprint density at radius 1 is 1.11 bits per heavy atom. The van der Waals surface area contributed by atoms with Gasteiger partial charge in [-0.1, -0.05) is 20.8 Å². The first-order valence-electron chi connectivity index (χ1n) is 12.8. The summed E-state index contributed by atoms with van der Waals surface area (Å²) in [4.78, 5) is 18.8. The molecule has 2 fully saturated rings. The highest BCUT2D eigenvalue weighted by Gasteiger charge is 2.57. The van der Waals surface area contributed by atoms with Gasteiger partial charge in [0.15, 0.2) is 0 Å². The number of aryl methyl sites for hydroxylation is 2. The van der Waals surface area contributed by atoms with Gasteiger partial charge in [-0.3, -0.25) is 4.98 Å². The zero-order valence-corrected chi connectivity index (χ0v) is 23.6. The Kier molecular flexibility index (Phi) is 7.12. The number of rotatable bonds is 8. The van der Waals surface area contributed by atoms with E-state index in [1.807, 2.05) is 31.7 Å². The minimum atomic E-state index is -1.01. The Labute approximate surface area is 225 Å². The molecule has 0 spiro atoms. The lowest BCUT2D eigenvalue weighted by Gasteiger charge is -2.21. The van der Waals surface area contributed by atoms with Crippen molar-refractivity contribution in [3.05, 3.63) is 23.7 Å². The molecule has 5 N–H and O–H groups in total. The lowest BCUT2D eigenvalue weighted by molar-refractivity contribution is -0.0312. The number of anilines is 2. The lowest BCUT2D eigenvalue weighted by Crippen LogP contribution is -2.37. The number of nitrogens with one attached hydrogen (secondary N) is 2. The van der Waals surface area contributed by atoms with E-state index in [2.05, 4.69) is 36.4 Å². The number of hydrogen-bond acceptors (Lipinski definition) is 11. The highest BCUT2D eigenvalue weighted by molar-refractivity contribution is 8.00. The van der Waals surface area contributed by atoms with Gasteiger partial charge >= 0.3 is 0 Å². The van der Waals surface area contributed by atoms with Gasteiger partial charge in [-0.05, 0) is 39.2 Å². The third-order valence-corrected chi connectivity index (χ3v) is 9.48. The number of aromatic nitrogens is 4. The molecular formula is C26H36N6O3S2. The van der Waals surface area contributed by atoms with E-state index in [1.54, 1.807) is 17.5 Å². The highest BCUT2D eigenvalue weighted by Crippen LogP contribution is 2.50. The van der Waals surface area contributed by atoms with Crippen LogP contribution in [0.2, 0.25) is 0 Å². The van der Waals surface area contributed by atoms with Crippen molar-refractivity contribution in [2.75, 3.05) is 22.9 Å². The van der Waals surface area contributed by atoms with Gasteiger partial charge in [0, 0.05) is 29.2 Å². The van der Waals surface area contributed by atoms with Crippen LogP contribution in [0.3, 0.4) is 0 Å². The van der Waals surface area contributed by atoms with E-state index in [4.69, 9.17) is 15.0 Å². The number of thioether (sulfide) groups is 1. The van der Waals surface area contributed by atoms with Gasteiger partial charge in [-0.2, -0.15) is 16.7 Å². The van der Waals surface area contributed by atoms with Gasteiger partial charge in [0.1, 0.15) is 22.4 Å². The largest absolute Gasteiger partial charge is 0.390 e. The van der Waals surface area contributed by atoms with Crippen LogP contribution in [-0.4, -0.2) is 76.2 Å². The molecule has 0 bridgehead atoms. The number of pyridine rings is 1. The lowest BCUT2D eigenvalue weighted by atomic mass is 9.96. The van der Waals surface area contributed by atoms with Crippen molar-refractivity contribution in [3.63, 3.8) is 0 Å². The van der Waals surface area contributed by atoms with Gasteiger partial charge in [-0.15, -0.1) is 11.3 Å². The van der Waals surface area contributed by atoms with Crippen molar-refractivity contribution < 1.29 is 15.3 Å². The summed E-state index contributed by atoms with van der Waals surface area (Å²) in [7, 11) is 0. The molecule has 0 aliphatic heterocycles. The summed E-state index contributed by atoms with van der Waals surface area (Å²) in [5.74, 6) is 1.61. The summed E-state index contributed by atoms with van der Waals surface area (Å²) in [5.41, 5.74) is 2.36. The molecule has 9 nitrogen and oxygen atoms in total. The number of thiazole rings is 1. The fraction of sp³-hybridized carbons (Fsp3) is 0.615. The molecular weight excluding hydrogens is 508 g/mol. The Morgan fingerprint density at radius 3 is 2.54 bits per heavy atom. The smallest absolute Gasteiger partial charge is 0.224 e. The van der Waals surface area contributed by atoms with Crippen LogP contribution >= 0.6 is 23.1 Å². The maximum atomic E-state index is 10.9. The topological polar surface area (TPSA) is 136 Å². The fourth-order valence-electron chi connectivity index (χ4n) is 5.01. The molecule has 0 unspecified atom stereocenters. The van der Waals surface area contributed by atoms with E-state index < -0.39 is 23.9 Å². The number of aliphatic hydroxyl groups excluding tert-OH is 2. The van der Waals surface area contributed by atoms with Gasteiger partial charge in [-0.25, -0.2) is 9.97 Å². The summed E-state index contributed by atoms with van der Waals surface area (Å²) in [5, 5.41) is 39.7. The van der Waals surface area contributed by atoms with E-state index in [-0.39, 0.29) is 10.7 Å². The quantitative estimate of drug-likeness (QED) is 0.267. The predicted molar refractivity (Wildman–Crippen MR) is 150 cm³/mol. The summed E-state index contributed by atoms with van der Waals surface area (Å²) in [6.07, 6.45) is 1.55. The van der Waals surface area contributed by atoms with E-state index in [0.29, 0.717) is 37.6 Å². The van der Waals surface area contributed by atoms with Gasteiger partial charge in [0.2, 0.25) is 5.95 Å². The van der Waals surface area contributed by atoms with E-state index >= 15 is 0 Å². The second-order valence-corrected chi connectivity index (χ2v) is 14.1. The molecule has 4 atom stereocenters. The zero-order chi connectivity index (χ0) is 26.5. The number of fused-ring (bicyclic) bond motifs is 1. The van der Waals surface area contributed by atoms with Crippen LogP contribution in [-0.2, 0) is 0 Å². The van der Waals surface area contributed by atoms with Crippen LogP contribution in [0.15, 0.2) is 12.3 Å². The molecule has 2 saturated carbocycles. The van der Waals surface area contributed by atoms with Crippen molar-refractivity contribution in [1.82, 2.24) is 19.9 Å². The van der Waals surface area contributed by atoms with Gasteiger partial charge in [0.25, 0.3) is 0 Å². The van der Waals surface area contributed by atoms with E-state index in [9.17, 15) is 15.3 Å². The first-order chi connectivity index (χ1) is 17.4. The average Bonchev–Trinajstić information content (AvgIpc) is 3.30. The Bertz CT molecular complexity index is 1290. The van der Waals surface area contributed by atoms with Gasteiger partial charge in [0.05, 0.1) is 39.4 Å². The Balaban J connectivity index is 1.47. The minimum Gasteiger partial charge on any atom is -0.390 e. The fourth-order valence-corrected chi connectivity index (χ4v) is 6.93. The third-order valence-electron chi connectivity index (χ3n) is 7.17. The zero-order valence-electron chi connectivity index (χ0n) is 21.9. The van der Waals surface area contributed by atoms with Crippen molar-refractivity contribution in [2.24, 2.45) is 5.92 Å². The monoisotopic (exact) mass is 544 g/mol. The minimum absolute atomic E-state index is 0.177. The maximum absolute atomic E-state index is 10.9. The van der Waals surface area contributed by atoms with Crippen LogP contribution in [0.25, 0.3) is 20.8 Å². The number of aliphatic hydroxyl groups is 3. The molecule has 0 amide bonds. The van der Waals surface area contributed by atoms with Crippen molar-refractivity contribution in [3.8, 4) is 10.6 Å². The second-order valence-electron chi connectivity index (χ2n) is 11.2. The van der Waals surface area contributed by atoms with Gasteiger partial charge < -0.3 is 26.0 Å². The number of nitrogens with zero attached hydrogens (tertiary/aromatic N) is 4. The summed E-state index contributed by atoms with van der Waals surface area (Å²) >= 11 is 3.42. The van der Waals surface area contributed by atoms with E-state index in [1.165, 1.54) is 0 Å². The Hall–Kier alpha value is -2.05. The first-order valence-corrected chi connectivity index (χ1v) is 14.6. The normalized spacial score (nSPS) is 25.0. The molecule has 37 heavy (non-hydrogen) atoms. The van der Waals surface area contributed by atoms with Crippen molar-refractivity contribution in [1.29, 1.82) is 0 Å². The van der Waals surface area contributed by atoms with Crippen LogP contribution in [0.4, 0.5) is 11.8 Å². The van der Waals surface area contributed by atoms with Crippen LogP contribution in [0.5, 0.6) is 0 Å². The molecule has 3 heterocycles. The SMILES string of the molecule is Cc1nc(NCCSC(C)(C)C)nc(N[C@@H]2C[C@H](C3(O)CC3)[C@@H](O)[C@H]2O)c1-c1nc2c(C)nccc2s1.